The van der Waals surface area contributed by atoms with Crippen LogP contribution in [0.2, 0.25) is 0 Å². The molecule has 19 heavy (non-hydrogen) atoms. The van der Waals surface area contributed by atoms with Crippen molar-refractivity contribution in [3.8, 4) is 0 Å². The van der Waals surface area contributed by atoms with Gasteiger partial charge < -0.3 is 34.0 Å². The fourth-order valence-electron chi connectivity index (χ4n) is 0.625. The molecular formula is C5H9NNa4O7P2. The Balaban J connectivity index is -0.000000163. The molecule has 90 valence electrons. The summed E-state index contributed by atoms with van der Waals surface area (Å²) in [6, 6.07) is 0. The third-order valence-corrected chi connectivity index (χ3v) is 3.62. The van der Waals surface area contributed by atoms with Crippen LogP contribution in [-0.4, -0.2) is 17.3 Å². The summed E-state index contributed by atoms with van der Waals surface area (Å²) >= 11 is 0. The van der Waals surface area contributed by atoms with Gasteiger partial charge in [-0.05, 0) is 21.4 Å². The molecule has 0 unspecified atom stereocenters. The van der Waals surface area contributed by atoms with E-state index < -0.39 is 32.5 Å². The van der Waals surface area contributed by atoms with Crippen LogP contribution in [0.5, 0.6) is 0 Å². The second-order valence-corrected chi connectivity index (χ2v) is 7.02. The van der Waals surface area contributed by atoms with Crippen LogP contribution in [0.3, 0.4) is 0 Å². The van der Waals surface area contributed by atoms with Crippen LogP contribution in [0.1, 0.15) is 13.8 Å². The Morgan fingerprint density at radius 1 is 1.00 bits per heavy atom. The van der Waals surface area contributed by atoms with Gasteiger partial charge in [-0.2, -0.15) is 0 Å². The van der Waals surface area contributed by atoms with Gasteiger partial charge >= 0.3 is 118 Å². The second-order valence-electron chi connectivity index (χ2n) is 3.37. The van der Waals surface area contributed by atoms with Gasteiger partial charge in [0.1, 0.15) is 0 Å². The fourth-order valence-corrected chi connectivity index (χ4v) is 1.32. The number of hydrogen-bond acceptors (Lipinski definition) is 7. The molecule has 0 aromatic rings. The summed E-state index contributed by atoms with van der Waals surface area (Å²) < 4.78 is 20.7. The van der Waals surface area contributed by atoms with Crippen LogP contribution >= 0.6 is 15.2 Å². The molecule has 0 radical (unpaired) electrons. The van der Waals surface area contributed by atoms with Crippen molar-refractivity contribution in [2.75, 3.05) is 6.16 Å². The van der Waals surface area contributed by atoms with E-state index in [2.05, 4.69) is 0 Å². The van der Waals surface area contributed by atoms with Crippen molar-refractivity contribution in [3.63, 3.8) is 0 Å². The molecule has 0 aliphatic carbocycles. The second kappa shape index (κ2) is 13.1. The van der Waals surface area contributed by atoms with E-state index in [-0.39, 0.29) is 118 Å². The molecule has 0 aliphatic rings. The number of rotatable bonds is 4. The average molecular weight is 349 g/mol. The molecule has 0 spiro atoms. The summed E-state index contributed by atoms with van der Waals surface area (Å²) in [6.07, 6.45) is -1.38. The van der Waals surface area contributed by atoms with Gasteiger partial charge in [-0.15, -0.1) is 0 Å². The van der Waals surface area contributed by atoms with Gasteiger partial charge in [0.25, 0.3) is 0 Å². The summed E-state index contributed by atoms with van der Waals surface area (Å²) in [5.41, 5.74) is 0. The molecule has 0 fully saturated rings. The zero-order chi connectivity index (χ0) is 12.5. The number of nitrogens with one attached hydrogen (secondary N) is 1. The summed E-state index contributed by atoms with van der Waals surface area (Å²) in [5, 5.41) is -0.472. The van der Waals surface area contributed by atoms with Crippen molar-refractivity contribution >= 4 is 21.1 Å². The Bertz CT molecular complexity index is 353. The molecule has 0 aliphatic heterocycles. The van der Waals surface area contributed by atoms with E-state index in [0.717, 1.165) is 13.8 Å². The normalized spacial score (nSPS) is 10.8. The van der Waals surface area contributed by atoms with Crippen LogP contribution < -0.4 is 143 Å². The first-order valence-corrected chi connectivity index (χ1v) is 6.96. The first kappa shape index (κ1) is 34.2. The third kappa shape index (κ3) is 16.4. The quantitative estimate of drug-likeness (QED) is 0.390. The molecule has 0 aromatic carbocycles. The largest absolute Gasteiger partial charge is 1.00 e. The molecule has 8 nitrogen and oxygen atoms in total. The van der Waals surface area contributed by atoms with E-state index in [4.69, 9.17) is 0 Å². The van der Waals surface area contributed by atoms with Gasteiger partial charge in [-0.3, -0.25) is 4.79 Å². The van der Waals surface area contributed by atoms with Crippen LogP contribution in [0.15, 0.2) is 0 Å². The van der Waals surface area contributed by atoms with Gasteiger partial charge in [0.15, 0.2) is 0 Å². The number of hydrogen-bond donors (Lipinski definition) is 1. The zero-order valence-electron chi connectivity index (χ0n) is 12.0. The van der Waals surface area contributed by atoms with Crippen LogP contribution in [0.25, 0.3) is 0 Å². The molecule has 0 atom stereocenters. The van der Waals surface area contributed by atoms with Gasteiger partial charge in [0.2, 0.25) is 5.91 Å². The maximum atomic E-state index is 10.8. The summed E-state index contributed by atoms with van der Waals surface area (Å²) in [7, 11) is -10.2. The SMILES string of the molecule is CC(C)(NC(=O)CP(=O)([O-])[O-])P(=O)([O-])[O-].[Na+].[Na+].[Na+].[Na+]. The Kier molecular flexibility index (Phi) is 23.6. The topological polar surface area (TPSA) is 155 Å². The predicted molar refractivity (Wildman–Crippen MR) is 42.3 cm³/mol. The molecule has 0 saturated heterocycles. The maximum absolute atomic E-state index is 10.8. The zero-order valence-corrected chi connectivity index (χ0v) is 21.7. The van der Waals surface area contributed by atoms with E-state index in [9.17, 15) is 33.5 Å². The Hall–Kier alpha value is 3.77. The molecule has 0 bridgehead atoms. The van der Waals surface area contributed by atoms with Crippen molar-refractivity contribution in [2.45, 2.75) is 19.1 Å². The summed E-state index contributed by atoms with van der Waals surface area (Å²) in [5.74, 6) is -1.32. The molecule has 0 aromatic heterocycles. The van der Waals surface area contributed by atoms with Crippen molar-refractivity contribution in [1.82, 2.24) is 5.32 Å². The monoisotopic (exact) mass is 349 g/mol. The smallest absolute Gasteiger partial charge is 0.810 e. The Labute approximate surface area is 200 Å². The predicted octanol–water partition coefficient (Wildman–Crippen LogP) is -15.3. The number of amides is 1. The molecule has 0 rings (SSSR count). The summed E-state index contributed by atoms with van der Waals surface area (Å²) in [6.45, 7) is 1.79. The maximum Gasteiger partial charge on any atom is 1.00 e. The Morgan fingerprint density at radius 3 is 1.53 bits per heavy atom. The van der Waals surface area contributed by atoms with Gasteiger partial charge in [0, 0.05) is 0 Å². The molecular weight excluding hydrogens is 340 g/mol. The van der Waals surface area contributed by atoms with Crippen molar-refractivity contribution in [3.05, 3.63) is 0 Å². The fraction of sp³-hybridized carbons (Fsp3) is 0.800. The van der Waals surface area contributed by atoms with Crippen molar-refractivity contribution in [1.29, 1.82) is 0 Å². The number of carbonyl (C=O) groups is 1. The van der Waals surface area contributed by atoms with Crippen LogP contribution in [0.4, 0.5) is 0 Å². The van der Waals surface area contributed by atoms with Gasteiger partial charge in [-0.1, -0.05) is 7.60 Å². The Morgan fingerprint density at radius 2 is 1.32 bits per heavy atom. The first-order valence-electron chi connectivity index (χ1n) is 3.69. The first-order chi connectivity index (χ1) is 6.35. The van der Waals surface area contributed by atoms with Crippen LogP contribution in [-0.2, 0) is 13.9 Å². The molecule has 1 amide bonds. The molecule has 0 heterocycles. The number of carbonyl (C=O) groups excluding carboxylic acids is 1. The minimum absolute atomic E-state index is 0. The minimum Gasteiger partial charge on any atom is -0.810 e. The van der Waals surface area contributed by atoms with Crippen molar-refractivity contribution < 1.29 is 152 Å². The molecule has 0 saturated carbocycles. The van der Waals surface area contributed by atoms with E-state index in [1.807, 2.05) is 0 Å². The third-order valence-electron chi connectivity index (χ3n) is 1.47. The summed E-state index contributed by atoms with van der Waals surface area (Å²) in [4.78, 5) is 52.3. The minimum atomic E-state index is -5.11. The van der Waals surface area contributed by atoms with Gasteiger partial charge in [-0.25, -0.2) is 0 Å². The van der Waals surface area contributed by atoms with Crippen molar-refractivity contribution in [2.24, 2.45) is 0 Å². The van der Waals surface area contributed by atoms with E-state index in [0.29, 0.717) is 0 Å². The standard InChI is InChI=1S/C5H13NO7P2.4Na/c1-5(2,15(11,12)13)6-4(7)3-14(8,9)10;;;;/h3H2,1-2H3,(H,6,7)(H2,8,9,10)(H2,11,12,13);;;;/q;4*+1/p-4. The van der Waals surface area contributed by atoms with Crippen LogP contribution in [0, 0.1) is 0 Å². The van der Waals surface area contributed by atoms with E-state index >= 15 is 0 Å². The van der Waals surface area contributed by atoms with E-state index in [1.165, 1.54) is 0 Å². The van der Waals surface area contributed by atoms with Gasteiger partial charge in [0.05, 0.1) is 11.4 Å². The molecule has 14 heteroatoms. The van der Waals surface area contributed by atoms with E-state index in [1.54, 1.807) is 5.32 Å². The molecule has 1 N–H and O–H groups in total. The average Bonchev–Trinajstić information content (AvgIpc) is 1.75.